The number of aromatic amines is 1. The fourth-order valence-electron chi connectivity index (χ4n) is 1.47. The Labute approximate surface area is 100 Å². The van der Waals surface area contributed by atoms with Gasteiger partial charge in [-0.3, -0.25) is 5.10 Å². The Balaban J connectivity index is 2.07. The number of nitrogen functional groups attached to an aromatic ring is 1. The van der Waals surface area contributed by atoms with Gasteiger partial charge in [-0.05, 0) is 18.4 Å². The van der Waals surface area contributed by atoms with E-state index in [4.69, 9.17) is 10.5 Å². The van der Waals surface area contributed by atoms with Crippen molar-refractivity contribution in [3.63, 3.8) is 0 Å². The Morgan fingerprint density at radius 2 is 2.29 bits per heavy atom. The number of nitrogens with zero attached hydrogens (tertiary/aromatic N) is 3. The minimum Gasteiger partial charge on any atom is -0.418 e. The monoisotopic (exact) mass is 247 g/mol. The largest absolute Gasteiger partial charge is 0.418 e. The van der Waals surface area contributed by atoms with Gasteiger partial charge in [-0.15, -0.1) is 16.4 Å². The van der Waals surface area contributed by atoms with Crippen LogP contribution in [0.2, 0.25) is 0 Å². The summed E-state index contributed by atoms with van der Waals surface area (Å²) >= 11 is 1.49. The molecule has 0 amide bonds. The highest BCUT2D eigenvalue weighted by atomic mass is 32.1. The van der Waals surface area contributed by atoms with Gasteiger partial charge in [0.2, 0.25) is 17.7 Å². The molecule has 3 heterocycles. The molecule has 3 N–H and O–H groups in total. The van der Waals surface area contributed by atoms with Gasteiger partial charge in [0, 0.05) is 11.8 Å². The highest BCUT2D eigenvalue weighted by Crippen LogP contribution is 2.30. The van der Waals surface area contributed by atoms with Crippen molar-refractivity contribution >= 4 is 27.5 Å². The van der Waals surface area contributed by atoms with Crippen molar-refractivity contribution in [3.8, 4) is 11.8 Å². The molecule has 0 spiro atoms. The first-order valence-electron chi connectivity index (χ1n) is 4.93. The van der Waals surface area contributed by atoms with Crippen LogP contribution < -0.4 is 10.5 Å². The number of H-pyrrole nitrogens is 1. The maximum atomic E-state index is 5.62. The Bertz CT molecular complexity index is 674. The van der Waals surface area contributed by atoms with Gasteiger partial charge in [-0.25, -0.2) is 4.98 Å². The number of fused-ring (bicyclic) bond motifs is 1. The normalized spacial score (nSPS) is 10.9. The summed E-state index contributed by atoms with van der Waals surface area (Å²) < 4.78 is 5.58. The summed E-state index contributed by atoms with van der Waals surface area (Å²) in [5, 5.41) is 9.54. The van der Waals surface area contributed by atoms with Crippen LogP contribution >= 0.6 is 11.3 Å². The lowest BCUT2D eigenvalue weighted by atomic mass is 10.4. The van der Waals surface area contributed by atoms with Crippen LogP contribution in [0.25, 0.3) is 10.2 Å². The lowest BCUT2D eigenvalue weighted by molar-refractivity contribution is 0.449. The van der Waals surface area contributed by atoms with Gasteiger partial charge in [-0.2, -0.15) is 4.98 Å². The SMILES string of the molecule is Cc1cc(Oc2nc(N)nc3sccc23)n[nH]1. The molecule has 0 saturated heterocycles. The molecule has 0 aromatic carbocycles. The van der Waals surface area contributed by atoms with Crippen LogP contribution in [0.15, 0.2) is 17.5 Å². The van der Waals surface area contributed by atoms with E-state index in [1.165, 1.54) is 11.3 Å². The van der Waals surface area contributed by atoms with Crippen LogP contribution in [0.4, 0.5) is 5.95 Å². The van der Waals surface area contributed by atoms with Crippen molar-refractivity contribution in [2.24, 2.45) is 0 Å². The summed E-state index contributed by atoms with van der Waals surface area (Å²) in [6, 6.07) is 3.69. The predicted octanol–water partition coefficient (Wildman–Crippen LogP) is 2.10. The maximum absolute atomic E-state index is 5.62. The molecule has 0 fully saturated rings. The molecule has 0 aliphatic carbocycles. The Morgan fingerprint density at radius 3 is 3.06 bits per heavy atom. The van der Waals surface area contributed by atoms with E-state index < -0.39 is 0 Å². The molecule has 0 bridgehead atoms. The average Bonchev–Trinajstić information content (AvgIpc) is 2.87. The van der Waals surface area contributed by atoms with Gasteiger partial charge in [-0.1, -0.05) is 0 Å². The molecular formula is C10H9N5OS. The predicted molar refractivity (Wildman–Crippen MR) is 65.2 cm³/mol. The van der Waals surface area contributed by atoms with Crippen molar-refractivity contribution in [2.75, 3.05) is 5.73 Å². The van der Waals surface area contributed by atoms with Gasteiger partial charge in [0.05, 0.1) is 5.39 Å². The second kappa shape index (κ2) is 3.70. The lowest BCUT2D eigenvalue weighted by Gasteiger charge is -2.02. The molecule has 0 aliphatic heterocycles. The molecule has 0 saturated carbocycles. The molecule has 7 heteroatoms. The lowest BCUT2D eigenvalue weighted by Crippen LogP contribution is -1.97. The first-order valence-corrected chi connectivity index (χ1v) is 5.81. The summed E-state index contributed by atoms with van der Waals surface area (Å²) in [4.78, 5) is 9.00. The minimum absolute atomic E-state index is 0.196. The molecule has 3 aromatic heterocycles. The molecule has 17 heavy (non-hydrogen) atoms. The van der Waals surface area contributed by atoms with E-state index in [1.807, 2.05) is 18.4 Å². The fourth-order valence-corrected chi connectivity index (χ4v) is 2.23. The van der Waals surface area contributed by atoms with Crippen molar-refractivity contribution < 1.29 is 4.74 Å². The second-order valence-electron chi connectivity index (χ2n) is 3.52. The van der Waals surface area contributed by atoms with Crippen LogP contribution in [-0.2, 0) is 0 Å². The van der Waals surface area contributed by atoms with Crippen molar-refractivity contribution in [1.29, 1.82) is 0 Å². The molecule has 86 valence electrons. The molecule has 3 rings (SSSR count). The third-order valence-electron chi connectivity index (χ3n) is 2.19. The summed E-state index contributed by atoms with van der Waals surface area (Å²) in [5.41, 5.74) is 6.54. The van der Waals surface area contributed by atoms with E-state index in [2.05, 4.69) is 20.2 Å². The van der Waals surface area contributed by atoms with Gasteiger partial charge >= 0.3 is 0 Å². The number of rotatable bonds is 2. The number of nitrogens with two attached hydrogens (primary N) is 1. The van der Waals surface area contributed by atoms with Gasteiger partial charge < -0.3 is 10.5 Å². The molecule has 0 aliphatic rings. The standard InChI is InChI=1S/C10H9N5OS/c1-5-4-7(15-14-5)16-8-6-2-3-17-9(6)13-10(11)12-8/h2-4H,1H3,(H,14,15)(H2,11,12,13). The number of ether oxygens (including phenoxy) is 1. The summed E-state index contributed by atoms with van der Waals surface area (Å²) in [6.45, 7) is 1.90. The van der Waals surface area contributed by atoms with E-state index in [9.17, 15) is 0 Å². The molecule has 0 atom stereocenters. The van der Waals surface area contributed by atoms with Crippen molar-refractivity contribution in [2.45, 2.75) is 6.92 Å². The van der Waals surface area contributed by atoms with E-state index in [0.717, 1.165) is 15.9 Å². The van der Waals surface area contributed by atoms with Crippen LogP contribution in [0.5, 0.6) is 11.8 Å². The Morgan fingerprint density at radius 1 is 1.41 bits per heavy atom. The van der Waals surface area contributed by atoms with Crippen LogP contribution in [0.3, 0.4) is 0 Å². The summed E-state index contributed by atoms with van der Waals surface area (Å²) in [7, 11) is 0. The van der Waals surface area contributed by atoms with Crippen LogP contribution in [0.1, 0.15) is 5.69 Å². The first-order chi connectivity index (χ1) is 8.22. The molecular weight excluding hydrogens is 238 g/mol. The van der Waals surface area contributed by atoms with Gasteiger partial charge in [0.15, 0.2) is 0 Å². The zero-order chi connectivity index (χ0) is 11.8. The number of hydrogen-bond acceptors (Lipinski definition) is 6. The number of aryl methyl sites for hydroxylation is 1. The summed E-state index contributed by atoms with van der Waals surface area (Å²) in [5.74, 6) is 1.09. The highest BCUT2D eigenvalue weighted by molar-refractivity contribution is 7.16. The van der Waals surface area contributed by atoms with Crippen LogP contribution in [0, 0.1) is 6.92 Å². The highest BCUT2D eigenvalue weighted by Gasteiger charge is 2.10. The zero-order valence-electron chi connectivity index (χ0n) is 8.97. The number of anilines is 1. The summed E-state index contributed by atoms with van der Waals surface area (Å²) in [6.07, 6.45) is 0. The average molecular weight is 247 g/mol. The van der Waals surface area contributed by atoms with E-state index in [-0.39, 0.29) is 5.95 Å². The third-order valence-corrected chi connectivity index (χ3v) is 3.00. The van der Waals surface area contributed by atoms with Gasteiger partial charge in [0.1, 0.15) is 4.83 Å². The van der Waals surface area contributed by atoms with E-state index in [1.54, 1.807) is 6.07 Å². The quantitative estimate of drug-likeness (QED) is 0.723. The maximum Gasteiger partial charge on any atom is 0.240 e. The minimum atomic E-state index is 0.196. The van der Waals surface area contributed by atoms with E-state index in [0.29, 0.717) is 11.8 Å². The second-order valence-corrected chi connectivity index (χ2v) is 4.41. The third kappa shape index (κ3) is 1.80. The molecule has 6 nitrogen and oxygen atoms in total. The fraction of sp³-hybridized carbons (Fsp3) is 0.100. The number of thiophene rings is 1. The molecule has 0 unspecified atom stereocenters. The Hall–Kier alpha value is -2.15. The van der Waals surface area contributed by atoms with Gasteiger partial charge in [0.25, 0.3) is 0 Å². The first kappa shape index (κ1) is 10.0. The van der Waals surface area contributed by atoms with Crippen LogP contribution in [-0.4, -0.2) is 20.2 Å². The van der Waals surface area contributed by atoms with E-state index >= 15 is 0 Å². The van der Waals surface area contributed by atoms with Crippen molar-refractivity contribution in [3.05, 3.63) is 23.2 Å². The smallest absolute Gasteiger partial charge is 0.240 e. The van der Waals surface area contributed by atoms with Crippen molar-refractivity contribution in [1.82, 2.24) is 20.2 Å². The molecule has 3 aromatic rings. The molecule has 0 radical (unpaired) electrons. The Kier molecular flexibility index (Phi) is 2.19. The topological polar surface area (TPSA) is 89.7 Å². The number of nitrogens with one attached hydrogen (secondary N) is 1. The number of aromatic nitrogens is 4. The zero-order valence-corrected chi connectivity index (χ0v) is 9.78. The number of hydrogen-bond donors (Lipinski definition) is 2.